The van der Waals surface area contributed by atoms with Gasteiger partial charge in [-0.2, -0.15) is 5.10 Å². The molecule has 0 atom stereocenters. The Morgan fingerprint density at radius 1 is 1.19 bits per heavy atom. The lowest BCUT2D eigenvalue weighted by Gasteiger charge is -2.34. The van der Waals surface area contributed by atoms with E-state index in [1.165, 1.54) is 16.8 Å². The van der Waals surface area contributed by atoms with E-state index in [9.17, 15) is 4.79 Å². The van der Waals surface area contributed by atoms with Crippen LogP contribution in [-0.2, 0) is 11.3 Å². The van der Waals surface area contributed by atoms with Crippen LogP contribution in [0.1, 0.15) is 41.8 Å². The van der Waals surface area contributed by atoms with Gasteiger partial charge in [0.15, 0.2) is 0 Å². The zero-order valence-electron chi connectivity index (χ0n) is 16.4. The summed E-state index contributed by atoms with van der Waals surface area (Å²) in [7, 11) is 0. The summed E-state index contributed by atoms with van der Waals surface area (Å²) >= 11 is 0. The zero-order valence-corrected chi connectivity index (χ0v) is 16.4. The second-order valence-electron chi connectivity index (χ2n) is 7.44. The fraction of sp³-hybridized carbons (Fsp3) is 0.524. The molecule has 1 aliphatic rings. The van der Waals surface area contributed by atoms with Crippen molar-refractivity contribution in [3.8, 4) is 0 Å². The molecule has 0 radical (unpaired) electrons. The Morgan fingerprint density at radius 3 is 2.54 bits per heavy atom. The maximum atomic E-state index is 12.3. The Kier molecular flexibility index (Phi) is 5.64. The molecule has 140 valence electrons. The fourth-order valence-corrected chi connectivity index (χ4v) is 3.62. The molecule has 1 fully saturated rings. The molecule has 2 aromatic rings. The maximum Gasteiger partial charge on any atom is 0.222 e. The molecule has 1 amide bonds. The summed E-state index contributed by atoms with van der Waals surface area (Å²) in [6, 6.07) is 8.92. The predicted octanol–water partition coefficient (Wildman–Crippen LogP) is 3.29. The number of piperidine rings is 1. The van der Waals surface area contributed by atoms with Gasteiger partial charge >= 0.3 is 0 Å². The molecule has 0 unspecified atom stereocenters. The Balaban J connectivity index is 1.45. The van der Waals surface area contributed by atoms with Crippen LogP contribution in [0.15, 0.2) is 24.3 Å². The van der Waals surface area contributed by atoms with Crippen molar-refractivity contribution in [1.29, 1.82) is 0 Å². The number of benzene rings is 1. The van der Waals surface area contributed by atoms with E-state index < -0.39 is 0 Å². The predicted molar refractivity (Wildman–Crippen MR) is 106 cm³/mol. The molecule has 0 aliphatic carbocycles. The van der Waals surface area contributed by atoms with Crippen LogP contribution in [0.25, 0.3) is 0 Å². The van der Waals surface area contributed by atoms with Crippen LogP contribution in [0.2, 0.25) is 0 Å². The normalized spacial score (nSPS) is 15.3. The summed E-state index contributed by atoms with van der Waals surface area (Å²) in [6.07, 6.45) is 2.48. The van der Waals surface area contributed by atoms with Gasteiger partial charge in [0.2, 0.25) is 5.91 Å². The molecule has 5 heteroatoms. The first kappa shape index (κ1) is 18.5. The monoisotopic (exact) mass is 354 g/mol. The van der Waals surface area contributed by atoms with Gasteiger partial charge in [0.25, 0.3) is 0 Å². The van der Waals surface area contributed by atoms with Crippen LogP contribution in [0.5, 0.6) is 0 Å². The number of amides is 1. The summed E-state index contributed by atoms with van der Waals surface area (Å²) < 4.78 is 1.95. The van der Waals surface area contributed by atoms with E-state index >= 15 is 0 Å². The summed E-state index contributed by atoms with van der Waals surface area (Å²) in [5.41, 5.74) is 5.99. The van der Waals surface area contributed by atoms with Crippen LogP contribution < -0.4 is 10.2 Å². The average molecular weight is 354 g/mol. The second kappa shape index (κ2) is 7.94. The summed E-state index contributed by atoms with van der Waals surface area (Å²) in [5.74, 6) is 0.129. The molecular weight excluding hydrogens is 324 g/mol. The molecule has 1 aliphatic heterocycles. The van der Waals surface area contributed by atoms with Gasteiger partial charge in [-0.15, -0.1) is 0 Å². The smallest absolute Gasteiger partial charge is 0.222 e. The van der Waals surface area contributed by atoms with Crippen molar-refractivity contribution < 1.29 is 4.79 Å². The third-order valence-electron chi connectivity index (χ3n) is 5.52. The maximum absolute atomic E-state index is 12.3. The minimum absolute atomic E-state index is 0.129. The van der Waals surface area contributed by atoms with Gasteiger partial charge in [-0.25, -0.2) is 0 Å². The molecule has 0 bridgehead atoms. The minimum atomic E-state index is 0.129. The largest absolute Gasteiger partial charge is 0.371 e. The van der Waals surface area contributed by atoms with Crippen LogP contribution in [0.3, 0.4) is 0 Å². The lowest BCUT2D eigenvalue weighted by Crippen LogP contribution is -2.44. The molecule has 0 spiro atoms. The van der Waals surface area contributed by atoms with Crippen LogP contribution >= 0.6 is 0 Å². The Morgan fingerprint density at radius 2 is 1.92 bits per heavy atom. The van der Waals surface area contributed by atoms with Crippen molar-refractivity contribution in [2.45, 2.75) is 59.5 Å². The molecule has 1 aromatic heterocycles. The summed E-state index contributed by atoms with van der Waals surface area (Å²) in [4.78, 5) is 14.7. The summed E-state index contributed by atoms with van der Waals surface area (Å²) in [5, 5.41) is 7.72. The van der Waals surface area contributed by atoms with Crippen molar-refractivity contribution >= 4 is 11.6 Å². The standard InChI is InChI=1S/C21H30N4O/c1-15-6-5-7-20(14-15)24-11-8-19(9-12-24)22-21(26)10-13-25-18(4)16(2)17(3)23-25/h5-7,14,19H,8-13H2,1-4H3,(H,22,26). The lowest BCUT2D eigenvalue weighted by molar-refractivity contribution is -0.122. The van der Waals surface area contributed by atoms with Crippen LogP contribution in [-0.4, -0.2) is 34.8 Å². The van der Waals surface area contributed by atoms with Gasteiger partial charge in [0.1, 0.15) is 0 Å². The van der Waals surface area contributed by atoms with Crippen molar-refractivity contribution in [2.24, 2.45) is 0 Å². The molecule has 26 heavy (non-hydrogen) atoms. The Labute approximate surface area is 156 Å². The second-order valence-corrected chi connectivity index (χ2v) is 7.44. The third kappa shape index (κ3) is 4.26. The average Bonchev–Trinajstić information content (AvgIpc) is 2.87. The molecular formula is C21H30N4O. The zero-order chi connectivity index (χ0) is 18.7. The first-order chi connectivity index (χ1) is 12.4. The minimum Gasteiger partial charge on any atom is -0.371 e. The van der Waals surface area contributed by atoms with E-state index in [1.54, 1.807) is 0 Å². The van der Waals surface area contributed by atoms with Gasteiger partial charge in [0, 0.05) is 43.5 Å². The molecule has 2 heterocycles. The molecule has 5 nitrogen and oxygen atoms in total. The number of carbonyl (C=O) groups is 1. The first-order valence-electron chi connectivity index (χ1n) is 9.55. The number of aromatic nitrogens is 2. The number of nitrogens with one attached hydrogen (secondary N) is 1. The van der Waals surface area contributed by atoms with Gasteiger partial charge in [-0.1, -0.05) is 12.1 Å². The number of hydrogen-bond acceptors (Lipinski definition) is 3. The summed E-state index contributed by atoms with van der Waals surface area (Å²) in [6.45, 7) is 10.9. The van der Waals surface area contributed by atoms with Crippen LogP contribution in [0, 0.1) is 27.7 Å². The Bertz CT molecular complexity index is 772. The number of anilines is 1. The third-order valence-corrected chi connectivity index (χ3v) is 5.52. The first-order valence-corrected chi connectivity index (χ1v) is 9.55. The molecule has 1 saturated heterocycles. The van der Waals surface area contributed by atoms with Gasteiger partial charge in [0.05, 0.1) is 5.69 Å². The quantitative estimate of drug-likeness (QED) is 0.896. The van der Waals surface area contributed by atoms with E-state index in [1.807, 2.05) is 11.6 Å². The van der Waals surface area contributed by atoms with Gasteiger partial charge in [-0.3, -0.25) is 9.48 Å². The fourth-order valence-electron chi connectivity index (χ4n) is 3.62. The molecule has 3 rings (SSSR count). The Hall–Kier alpha value is -2.30. The highest BCUT2D eigenvalue weighted by atomic mass is 16.1. The van der Waals surface area contributed by atoms with E-state index in [0.29, 0.717) is 13.0 Å². The van der Waals surface area contributed by atoms with E-state index in [4.69, 9.17) is 0 Å². The number of carbonyl (C=O) groups excluding carboxylic acids is 1. The number of aryl methyl sites for hydroxylation is 3. The van der Waals surface area contributed by atoms with Crippen molar-refractivity contribution in [2.75, 3.05) is 18.0 Å². The molecule has 1 aromatic carbocycles. The van der Waals surface area contributed by atoms with Crippen molar-refractivity contribution in [3.05, 3.63) is 46.8 Å². The molecule has 1 N–H and O–H groups in total. The highest BCUT2D eigenvalue weighted by Gasteiger charge is 2.21. The SMILES string of the molecule is Cc1cccc(N2CCC(NC(=O)CCn3nc(C)c(C)c3C)CC2)c1. The number of nitrogens with zero attached hydrogens (tertiary/aromatic N) is 3. The number of hydrogen-bond donors (Lipinski definition) is 1. The van der Waals surface area contributed by atoms with Crippen molar-refractivity contribution in [3.63, 3.8) is 0 Å². The van der Waals surface area contributed by atoms with Crippen LogP contribution in [0.4, 0.5) is 5.69 Å². The van der Waals surface area contributed by atoms with E-state index in [2.05, 4.69) is 60.4 Å². The van der Waals surface area contributed by atoms with Crippen molar-refractivity contribution in [1.82, 2.24) is 15.1 Å². The topological polar surface area (TPSA) is 50.2 Å². The molecule has 0 saturated carbocycles. The van der Waals surface area contributed by atoms with E-state index in [-0.39, 0.29) is 11.9 Å². The highest BCUT2D eigenvalue weighted by Crippen LogP contribution is 2.21. The highest BCUT2D eigenvalue weighted by molar-refractivity contribution is 5.76. The lowest BCUT2D eigenvalue weighted by atomic mass is 10.0. The van der Waals surface area contributed by atoms with Gasteiger partial charge < -0.3 is 10.2 Å². The number of rotatable bonds is 5. The van der Waals surface area contributed by atoms with Gasteiger partial charge in [-0.05, 0) is 63.8 Å². The van der Waals surface area contributed by atoms with E-state index in [0.717, 1.165) is 37.3 Å².